The maximum atomic E-state index is 13.0. The highest BCUT2D eigenvalue weighted by molar-refractivity contribution is 5.92. The summed E-state index contributed by atoms with van der Waals surface area (Å²) in [5.41, 5.74) is 2.56. The summed E-state index contributed by atoms with van der Waals surface area (Å²) in [4.78, 5) is 29.2. The van der Waals surface area contributed by atoms with Crippen LogP contribution in [0, 0.1) is 12.8 Å². The molecule has 4 rings (SSSR count). The van der Waals surface area contributed by atoms with Gasteiger partial charge in [-0.2, -0.15) is 0 Å². The standard InChI is InChI=1S/C20H26N6O/c1-13-7-10-26(20(27)16-11-24(3)14(2)23-16)12-18(13)25(4)17-6-9-22-19-15(17)5-8-21-19/h5-6,8-9,11,13,18H,7,10,12H2,1-4H3,(H,21,22)/t13-,18?/m1/s1. The number of nitrogens with one attached hydrogen (secondary N) is 1. The fraction of sp³-hybridized carbons (Fsp3) is 0.450. The lowest BCUT2D eigenvalue weighted by Crippen LogP contribution is -2.52. The van der Waals surface area contributed by atoms with E-state index in [2.05, 4.69) is 39.9 Å². The van der Waals surface area contributed by atoms with Crippen LogP contribution in [0.1, 0.15) is 29.7 Å². The van der Waals surface area contributed by atoms with Crippen molar-refractivity contribution in [2.75, 3.05) is 25.0 Å². The molecule has 0 aliphatic carbocycles. The summed E-state index contributed by atoms with van der Waals surface area (Å²) in [6, 6.07) is 4.35. The van der Waals surface area contributed by atoms with Crippen LogP contribution in [-0.2, 0) is 7.05 Å². The topological polar surface area (TPSA) is 70.1 Å². The first-order chi connectivity index (χ1) is 13.0. The average Bonchev–Trinajstić information content (AvgIpc) is 3.27. The van der Waals surface area contributed by atoms with Crippen molar-refractivity contribution in [3.63, 3.8) is 0 Å². The molecule has 1 aliphatic rings. The minimum Gasteiger partial charge on any atom is -0.369 e. The van der Waals surface area contributed by atoms with Gasteiger partial charge in [-0.05, 0) is 31.4 Å². The number of amides is 1. The molecule has 1 fully saturated rings. The van der Waals surface area contributed by atoms with Crippen molar-refractivity contribution in [1.29, 1.82) is 0 Å². The van der Waals surface area contributed by atoms with E-state index in [4.69, 9.17) is 0 Å². The summed E-state index contributed by atoms with van der Waals surface area (Å²) in [6.45, 7) is 5.65. The second-order valence-corrected chi connectivity index (χ2v) is 7.55. The molecule has 0 radical (unpaired) electrons. The van der Waals surface area contributed by atoms with Crippen LogP contribution in [0.4, 0.5) is 5.69 Å². The third kappa shape index (κ3) is 3.07. The van der Waals surface area contributed by atoms with Gasteiger partial charge in [0.15, 0.2) is 0 Å². The highest BCUT2D eigenvalue weighted by atomic mass is 16.2. The number of aryl methyl sites for hydroxylation is 2. The number of piperidine rings is 1. The highest BCUT2D eigenvalue weighted by Gasteiger charge is 2.33. The zero-order valence-corrected chi connectivity index (χ0v) is 16.3. The fourth-order valence-electron chi connectivity index (χ4n) is 3.99. The smallest absolute Gasteiger partial charge is 0.274 e. The second-order valence-electron chi connectivity index (χ2n) is 7.55. The molecule has 1 aliphatic heterocycles. The molecular weight excluding hydrogens is 340 g/mol. The first-order valence-corrected chi connectivity index (χ1v) is 9.40. The molecule has 0 saturated carbocycles. The van der Waals surface area contributed by atoms with Crippen LogP contribution in [0.5, 0.6) is 0 Å². The lowest BCUT2D eigenvalue weighted by Gasteiger charge is -2.42. The molecular formula is C20H26N6O. The van der Waals surface area contributed by atoms with Gasteiger partial charge >= 0.3 is 0 Å². The first kappa shape index (κ1) is 17.6. The van der Waals surface area contributed by atoms with Gasteiger partial charge < -0.3 is 19.4 Å². The number of anilines is 1. The van der Waals surface area contributed by atoms with E-state index in [-0.39, 0.29) is 11.9 Å². The summed E-state index contributed by atoms with van der Waals surface area (Å²) < 4.78 is 1.89. The Hall–Kier alpha value is -2.83. The van der Waals surface area contributed by atoms with Crippen LogP contribution in [0.2, 0.25) is 0 Å². The Kier molecular flexibility index (Phi) is 4.37. The first-order valence-electron chi connectivity index (χ1n) is 9.40. The molecule has 142 valence electrons. The number of imidazole rings is 1. The van der Waals surface area contributed by atoms with Crippen molar-refractivity contribution in [3.05, 3.63) is 42.2 Å². The van der Waals surface area contributed by atoms with E-state index >= 15 is 0 Å². The fourth-order valence-corrected chi connectivity index (χ4v) is 3.99. The molecule has 0 aromatic carbocycles. The minimum absolute atomic E-state index is 0.0190. The Morgan fingerprint density at radius 2 is 2.19 bits per heavy atom. The largest absolute Gasteiger partial charge is 0.369 e. The molecule has 7 nitrogen and oxygen atoms in total. The van der Waals surface area contributed by atoms with Crippen LogP contribution in [0.15, 0.2) is 30.7 Å². The van der Waals surface area contributed by atoms with E-state index in [1.54, 1.807) is 0 Å². The van der Waals surface area contributed by atoms with Gasteiger partial charge in [0.05, 0.1) is 0 Å². The van der Waals surface area contributed by atoms with E-state index in [0.717, 1.165) is 35.5 Å². The van der Waals surface area contributed by atoms with E-state index in [0.29, 0.717) is 18.2 Å². The van der Waals surface area contributed by atoms with Crippen molar-refractivity contribution in [2.45, 2.75) is 26.3 Å². The number of H-pyrrole nitrogens is 1. The predicted molar refractivity (Wildman–Crippen MR) is 106 cm³/mol. The maximum absolute atomic E-state index is 13.0. The Morgan fingerprint density at radius 1 is 1.37 bits per heavy atom. The molecule has 4 heterocycles. The Morgan fingerprint density at radius 3 is 2.93 bits per heavy atom. The lowest BCUT2D eigenvalue weighted by molar-refractivity contribution is 0.0664. The third-order valence-corrected chi connectivity index (χ3v) is 5.85. The number of carbonyl (C=O) groups excluding carboxylic acids is 1. The van der Waals surface area contributed by atoms with Gasteiger partial charge in [-0.25, -0.2) is 9.97 Å². The van der Waals surface area contributed by atoms with Crippen molar-refractivity contribution >= 4 is 22.6 Å². The zero-order valence-electron chi connectivity index (χ0n) is 16.3. The van der Waals surface area contributed by atoms with Gasteiger partial charge in [-0.3, -0.25) is 4.79 Å². The van der Waals surface area contributed by atoms with Gasteiger partial charge in [0.25, 0.3) is 5.91 Å². The maximum Gasteiger partial charge on any atom is 0.274 e. The van der Waals surface area contributed by atoms with Crippen molar-refractivity contribution < 1.29 is 4.79 Å². The monoisotopic (exact) mass is 366 g/mol. The Balaban J connectivity index is 1.58. The third-order valence-electron chi connectivity index (χ3n) is 5.85. The molecule has 0 spiro atoms. The SMILES string of the molecule is Cc1nc(C(=O)N2CC[C@@H](C)C(N(C)c3ccnc4[nH]ccc34)C2)cn1C. The van der Waals surface area contributed by atoms with E-state index < -0.39 is 0 Å². The van der Waals surface area contributed by atoms with Gasteiger partial charge in [0.2, 0.25) is 0 Å². The number of likely N-dealkylation sites (tertiary alicyclic amines) is 1. The van der Waals surface area contributed by atoms with E-state index in [1.165, 1.54) is 0 Å². The molecule has 3 aromatic heterocycles. The molecule has 1 amide bonds. The van der Waals surface area contributed by atoms with Crippen LogP contribution < -0.4 is 4.90 Å². The molecule has 1 N–H and O–H groups in total. The summed E-state index contributed by atoms with van der Waals surface area (Å²) >= 11 is 0. The number of aromatic nitrogens is 4. The highest BCUT2D eigenvalue weighted by Crippen LogP contribution is 2.30. The lowest BCUT2D eigenvalue weighted by atomic mass is 9.91. The predicted octanol–water partition coefficient (Wildman–Crippen LogP) is 2.59. The number of rotatable bonds is 3. The van der Waals surface area contributed by atoms with E-state index in [9.17, 15) is 4.79 Å². The van der Waals surface area contributed by atoms with Crippen molar-refractivity contribution in [3.8, 4) is 0 Å². The molecule has 0 bridgehead atoms. The molecule has 2 atom stereocenters. The quantitative estimate of drug-likeness (QED) is 0.773. The van der Waals surface area contributed by atoms with Crippen molar-refractivity contribution in [1.82, 2.24) is 24.4 Å². The van der Waals surface area contributed by atoms with Gasteiger partial charge in [-0.15, -0.1) is 0 Å². The second kappa shape index (κ2) is 6.72. The van der Waals surface area contributed by atoms with Crippen LogP contribution in [0.3, 0.4) is 0 Å². The number of aromatic amines is 1. The van der Waals surface area contributed by atoms with Gasteiger partial charge in [0.1, 0.15) is 17.2 Å². The summed E-state index contributed by atoms with van der Waals surface area (Å²) in [5.74, 6) is 1.36. The Bertz CT molecular complexity index is 954. The molecule has 1 saturated heterocycles. The van der Waals surface area contributed by atoms with Crippen molar-refractivity contribution in [2.24, 2.45) is 13.0 Å². The number of carbonyl (C=O) groups is 1. The van der Waals surface area contributed by atoms with Crippen LogP contribution in [0.25, 0.3) is 11.0 Å². The minimum atomic E-state index is 0.0190. The van der Waals surface area contributed by atoms with Crippen LogP contribution >= 0.6 is 0 Å². The number of nitrogens with zero attached hydrogens (tertiary/aromatic N) is 5. The summed E-state index contributed by atoms with van der Waals surface area (Å²) in [5, 5.41) is 1.11. The van der Waals surface area contributed by atoms with Crippen LogP contribution in [-0.4, -0.2) is 56.5 Å². The number of pyridine rings is 1. The van der Waals surface area contributed by atoms with Gasteiger partial charge in [0, 0.05) is 62.9 Å². The molecule has 27 heavy (non-hydrogen) atoms. The summed E-state index contributed by atoms with van der Waals surface area (Å²) in [7, 11) is 4.03. The normalized spacial score (nSPS) is 20.2. The number of hydrogen-bond donors (Lipinski definition) is 1. The zero-order chi connectivity index (χ0) is 19.1. The number of fused-ring (bicyclic) bond motifs is 1. The van der Waals surface area contributed by atoms with E-state index in [1.807, 2.05) is 48.1 Å². The van der Waals surface area contributed by atoms with Gasteiger partial charge in [-0.1, -0.05) is 6.92 Å². The average molecular weight is 366 g/mol. The Labute approximate surface area is 159 Å². The number of hydrogen-bond acceptors (Lipinski definition) is 4. The molecule has 7 heteroatoms. The molecule has 1 unspecified atom stereocenters. The molecule has 3 aromatic rings. The number of likely N-dealkylation sites (N-methyl/N-ethyl adjacent to an activating group) is 1. The summed E-state index contributed by atoms with van der Waals surface area (Å²) in [6.07, 6.45) is 6.55.